The lowest BCUT2D eigenvalue weighted by atomic mass is 10.3. The smallest absolute Gasteiger partial charge is 0.0314 e. The first-order chi connectivity index (χ1) is 4.83. The number of hydrogen-bond donors (Lipinski definition) is 2. The molecule has 0 aromatic heterocycles. The van der Waals surface area contributed by atoms with Crippen LogP contribution in [0.25, 0.3) is 0 Å². The molecular weight excluding hydrogens is 163 g/mol. The Morgan fingerprint density at radius 2 is 1.90 bits per heavy atom. The molecule has 0 aliphatic carbocycles. The standard InChI is InChI=1S/C6H9N2PS/c7-5-1-3-6(4-2-5)10-8-9/h1-4,8H,7,9H2. The van der Waals surface area contributed by atoms with Crippen molar-refractivity contribution in [2.45, 2.75) is 4.90 Å². The normalized spacial score (nSPS) is 9.70. The highest BCUT2D eigenvalue weighted by Crippen LogP contribution is 2.16. The van der Waals surface area contributed by atoms with Crippen molar-refractivity contribution in [2.75, 3.05) is 5.73 Å². The van der Waals surface area contributed by atoms with E-state index in [2.05, 4.69) is 13.9 Å². The molecule has 0 fully saturated rings. The van der Waals surface area contributed by atoms with Gasteiger partial charge in [-0.2, -0.15) is 0 Å². The largest absolute Gasteiger partial charge is 0.399 e. The summed E-state index contributed by atoms with van der Waals surface area (Å²) in [6, 6.07) is 7.70. The Balaban J connectivity index is 2.69. The number of rotatable bonds is 2. The summed E-state index contributed by atoms with van der Waals surface area (Å²) in [6.07, 6.45) is 0. The Kier molecular flexibility index (Phi) is 3.00. The fraction of sp³-hybridized carbons (Fsp3) is 0. The van der Waals surface area contributed by atoms with Gasteiger partial charge >= 0.3 is 0 Å². The molecule has 0 heterocycles. The first-order valence-corrected chi connectivity index (χ1v) is 4.20. The molecule has 4 heteroatoms. The predicted octanol–water partition coefficient (Wildman–Crippen LogP) is 1.66. The monoisotopic (exact) mass is 172 g/mol. The van der Waals surface area contributed by atoms with Gasteiger partial charge < -0.3 is 5.73 Å². The van der Waals surface area contributed by atoms with Crippen LogP contribution in [-0.4, -0.2) is 0 Å². The maximum absolute atomic E-state index is 5.49. The molecule has 10 heavy (non-hydrogen) atoms. The van der Waals surface area contributed by atoms with Crippen molar-refractivity contribution < 1.29 is 0 Å². The van der Waals surface area contributed by atoms with Gasteiger partial charge in [0.25, 0.3) is 0 Å². The van der Waals surface area contributed by atoms with E-state index >= 15 is 0 Å². The highest BCUT2D eigenvalue weighted by atomic mass is 32.2. The third-order valence-corrected chi connectivity index (χ3v) is 2.04. The summed E-state index contributed by atoms with van der Waals surface area (Å²) in [6.45, 7) is 0. The molecule has 0 aliphatic heterocycles. The number of nitrogens with one attached hydrogen (secondary N) is 1. The van der Waals surface area contributed by atoms with E-state index in [9.17, 15) is 0 Å². The van der Waals surface area contributed by atoms with Gasteiger partial charge in [0.1, 0.15) is 0 Å². The first-order valence-electron chi connectivity index (χ1n) is 2.81. The van der Waals surface area contributed by atoms with Gasteiger partial charge in [0.05, 0.1) is 0 Å². The van der Waals surface area contributed by atoms with Gasteiger partial charge in [0, 0.05) is 10.6 Å². The fourth-order valence-corrected chi connectivity index (χ4v) is 1.42. The lowest BCUT2D eigenvalue weighted by molar-refractivity contribution is 1.45. The second kappa shape index (κ2) is 3.81. The average Bonchev–Trinajstić information content (AvgIpc) is 1.95. The zero-order valence-corrected chi connectivity index (χ0v) is 7.34. The second-order valence-electron chi connectivity index (χ2n) is 1.79. The van der Waals surface area contributed by atoms with E-state index in [0.29, 0.717) is 0 Å². The van der Waals surface area contributed by atoms with Crippen LogP contribution in [0.1, 0.15) is 0 Å². The van der Waals surface area contributed by atoms with Crippen molar-refractivity contribution in [3.8, 4) is 0 Å². The quantitative estimate of drug-likeness (QED) is 0.404. The van der Waals surface area contributed by atoms with Crippen LogP contribution in [-0.2, 0) is 0 Å². The minimum absolute atomic E-state index is 0.799. The summed E-state index contributed by atoms with van der Waals surface area (Å²) in [5.41, 5.74) is 6.29. The predicted molar refractivity (Wildman–Crippen MR) is 49.6 cm³/mol. The molecule has 54 valence electrons. The zero-order chi connectivity index (χ0) is 7.40. The van der Waals surface area contributed by atoms with Gasteiger partial charge in [-0.05, 0) is 36.2 Å². The summed E-state index contributed by atoms with van der Waals surface area (Å²) in [5, 5.41) is 0. The highest BCUT2D eigenvalue weighted by molar-refractivity contribution is 8.00. The number of nitrogens with two attached hydrogens (primary N) is 1. The third kappa shape index (κ3) is 2.18. The summed E-state index contributed by atoms with van der Waals surface area (Å²) in [4.78, 5) is 1.16. The minimum atomic E-state index is 0.799. The van der Waals surface area contributed by atoms with Crippen LogP contribution in [0, 0.1) is 0 Å². The van der Waals surface area contributed by atoms with Crippen LogP contribution in [0.15, 0.2) is 29.2 Å². The van der Waals surface area contributed by atoms with Crippen LogP contribution < -0.4 is 10.2 Å². The number of benzene rings is 1. The van der Waals surface area contributed by atoms with Crippen LogP contribution in [0.4, 0.5) is 5.69 Å². The molecule has 2 nitrogen and oxygen atoms in total. The highest BCUT2D eigenvalue weighted by Gasteiger charge is 1.88. The van der Waals surface area contributed by atoms with Crippen molar-refractivity contribution >= 4 is 27.0 Å². The van der Waals surface area contributed by atoms with Gasteiger partial charge in [-0.25, -0.2) is 4.49 Å². The maximum Gasteiger partial charge on any atom is 0.0314 e. The van der Waals surface area contributed by atoms with Crippen molar-refractivity contribution in [1.82, 2.24) is 4.49 Å². The van der Waals surface area contributed by atoms with E-state index in [1.54, 1.807) is 11.9 Å². The van der Waals surface area contributed by atoms with E-state index in [0.717, 1.165) is 10.6 Å². The Morgan fingerprint density at radius 3 is 2.40 bits per heavy atom. The molecule has 0 saturated heterocycles. The lowest BCUT2D eigenvalue weighted by Crippen LogP contribution is -1.84. The summed E-state index contributed by atoms with van der Waals surface area (Å²) >= 11 is 1.54. The molecule has 0 saturated carbocycles. The Labute approximate surface area is 67.0 Å². The van der Waals surface area contributed by atoms with Crippen molar-refractivity contribution in [2.24, 2.45) is 0 Å². The SMILES string of the molecule is Nc1ccc(SNP)cc1. The van der Waals surface area contributed by atoms with Gasteiger partial charge in [-0.1, -0.05) is 9.39 Å². The van der Waals surface area contributed by atoms with E-state index in [1.165, 1.54) is 0 Å². The molecular formula is C6H9N2PS. The molecule has 1 atom stereocenters. The Hall–Kier alpha value is -0.240. The van der Waals surface area contributed by atoms with E-state index < -0.39 is 0 Å². The molecule has 3 N–H and O–H groups in total. The molecule has 0 spiro atoms. The van der Waals surface area contributed by atoms with Crippen LogP contribution in [0.3, 0.4) is 0 Å². The molecule has 1 aromatic carbocycles. The van der Waals surface area contributed by atoms with Crippen LogP contribution in [0.2, 0.25) is 0 Å². The summed E-state index contributed by atoms with van der Waals surface area (Å²) in [7, 11) is 2.42. The molecule has 0 amide bonds. The van der Waals surface area contributed by atoms with Crippen LogP contribution in [0.5, 0.6) is 0 Å². The minimum Gasteiger partial charge on any atom is -0.399 e. The van der Waals surface area contributed by atoms with Gasteiger partial charge in [0.2, 0.25) is 0 Å². The molecule has 0 bridgehead atoms. The van der Waals surface area contributed by atoms with Gasteiger partial charge in [0.15, 0.2) is 0 Å². The number of nitrogen functional groups attached to an aromatic ring is 1. The molecule has 1 rings (SSSR count). The van der Waals surface area contributed by atoms with Crippen molar-refractivity contribution in [3.05, 3.63) is 24.3 Å². The van der Waals surface area contributed by atoms with Crippen molar-refractivity contribution in [3.63, 3.8) is 0 Å². The molecule has 1 unspecified atom stereocenters. The zero-order valence-electron chi connectivity index (χ0n) is 5.37. The van der Waals surface area contributed by atoms with E-state index in [-0.39, 0.29) is 0 Å². The van der Waals surface area contributed by atoms with Gasteiger partial charge in [-0.15, -0.1) is 0 Å². The second-order valence-corrected chi connectivity index (χ2v) is 3.41. The van der Waals surface area contributed by atoms with E-state index in [4.69, 9.17) is 5.73 Å². The Morgan fingerprint density at radius 1 is 1.30 bits per heavy atom. The fourth-order valence-electron chi connectivity index (χ4n) is 0.604. The number of anilines is 1. The summed E-state index contributed by atoms with van der Waals surface area (Å²) in [5.74, 6) is 0. The van der Waals surface area contributed by atoms with Crippen molar-refractivity contribution in [1.29, 1.82) is 0 Å². The summed E-state index contributed by atoms with van der Waals surface area (Å²) < 4.78 is 2.90. The van der Waals surface area contributed by atoms with Gasteiger partial charge in [-0.3, -0.25) is 0 Å². The van der Waals surface area contributed by atoms with E-state index in [1.807, 2.05) is 24.3 Å². The maximum atomic E-state index is 5.49. The first kappa shape index (κ1) is 7.86. The number of hydrogen-bond acceptors (Lipinski definition) is 3. The third-order valence-electron chi connectivity index (χ3n) is 1.06. The lowest BCUT2D eigenvalue weighted by Gasteiger charge is -1.97. The molecule has 1 aromatic rings. The molecule has 0 aliphatic rings. The molecule has 0 radical (unpaired) electrons. The average molecular weight is 172 g/mol. The topological polar surface area (TPSA) is 38.0 Å². The Bertz CT molecular complexity index is 199. The van der Waals surface area contributed by atoms with Crippen LogP contribution >= 0.6 is 21.3 Å².